The van der Waals surface area contributed by atoms with Gasteiger partial charge < -0.3 is 15.0 Å². The van der Waals surface area contributed by atoms with Gasteiger partial charge in [0.05, 0.1) is 12.3 Å². The topological polar surface area (TPSA) is 41.6 Å². The first-order chi connectivity index (χ1) is 9.43. The lowest BCUT2D eigenvalue weighted by Gasteiger charge is -2.24. The van der Waals surface area contributed by atoms with Gasteiger partial charge in [-0.25, -0.2) is 9.18 Å². The van der Waals surface area contributed by atoms with Crippen molar-refractivity contribution in [3.05, 3.63) is 28.5 Å². The Bertz CT molecular complexity index is 455. The number of hydrogen-bond acceptors (Lipinski definition) is 2. The first-order valence-electron chi connectivity index (χ1n) is 6.44. The first kappa shape index (κ1) is 16.9. The summed E-state index contributed by atoms with van der Waals surface area (Å²) < 4.78 is 19.3. The van der Waals surface area contributed by atoms with Crippen LogP contribution in [-0.2, 0) is 4.74 Å². The van der Waals surface area contributed by atoms with E-state index in [-0.39, 0.29) is 11.7 Å². The summed E-state index contributed by atoms with van der Waals surface area (Å²) in [5.41, 5.74) is 0.171. The summed E-state index contributed by atoms with van der Waals surface area (Å²) in [6.07, 6.45) is 0. The second kappa shape index (κ2) is 8.21. The fraction of sp³-hybridized carbons (Fsp3) is 0.500. The number of carbonyl (C=O) groups excluding carboxylic acids is 1. The first-order valence-corrected chi connectivity index (χ1v) is 7.23. The molecule has 0 fully saturated rings. The van der Waals surface area contributed by atoms with Crippen LogP contribution in [-0.4, -0.2) is 37.7 Å². The summed E-state index contributed by atoms with van der Waals surface area (Å²) in [7, 11) is 1.58. The number of nitrogens with zero attached hydrogens (tertiary/aromatic N) is 1. The van der Waals surface area contributed by atoms with Gasteiger partial charge >= 0.3 is 6.03 Å². The summed E-state index contributed by atoms with van der Waals surface area (Å²) in [5, 5.41) is 2.59. The second-order valence-corrected chi connectivity index (χ2v) is 5.80. The van der Waals surface area contributed by atoms with Crippen molar-refractivity contribution in [2.24, 2.45) is 5.92 Å². The van der Waals surface area contributed by atoms with E-state index in [0.717, 1.165) is 0 Å². The zero-order valence-electron chi connectivity index (χ0n) is 12.0. The predicted molar refractivity (Wildman–Crippen MR) is 81.4 cm³/mol. The van der Waals surface area contributed by atoms with E-state index in [4.69, 9.17) is 4.74 Å². The summed E-state index contributed by atoms with van der Waals surface area (Å²) in [6, 6.07) is 4.20. The van der Waals surface area contributed by atoms with Gasteiger partial charge in [-0.05, 0) is 24.1 Å². The highest BCUT2D eigenvalue weighted by atomic mass is 79.9. The minimum absolute atomic E-state index is 0.171. The Labute approximate surface area is 127 Å². The summed E-state index contributed by atoms with van der Waals surface area (Å²) in [6.45, 7) is 5.55. The van der Waals surface area contributed by atoms with Crippen LogP contribution in [0.5, 0.6) is 0 Å². The normalized spacial score (nSPS) is 10.7. The van der Waals surface area contributed by atoms with Crippen LogP contribution in [0.3, 0.4) is 0 Å². The molecule has 2 amide bonds. The highest BCUT2D eigenvalue weighted by Gasteiger charge is 2.16. The van der Waals surface area contributed by atoms with Gasteiger partial charge in [-0.2, -0.15) is 0 Å². The molecule has 0 radical (unpaired) electrons. The van der Waals surface area contributed by atoms with Crippen molar-refractivity contribution in [1.82, 2.24) is 4.90 Å². The standard InChI is InChI=1S/C14H20BrFN2O2/c1-10(2)9-18(6-7-20-3)14(19)17-13-5-4-11(15)8-12(13)16/h4-5,8,10H,6-7,9H2,1-3H3,(H,17,19). The fourth-order valence-electron chi connectivity index (χ4n) is 1.70. The molecule has 1 N–H and O–H groups in total. The van der Waals surface area contributed by atoms with E-state index in [1.807, 2.05) is 13.8 Å². The molecule has 1 aromatic rings. The number of amides is 2. The number of methoxy groups -OCH3 is 1. The average Bonchev–Trinajstić information content (AvgIpc) is 2.37. The predicted octanol–water partition coefficient (Wildman–Crippen LogP) is 3.72. The molecule has 0 saturated carbocycles. The van der Waals surface area contributed by atoms with Crippen molar-refractivity contribution in [3.8, 4) is 0 Å². The van der Waals surface area contributed by atoms with Crippen molar-refractivity contribution in [3.63, 3.8) is 0 Å². The maximum absolute atomic E-state index is 13.7. The number of urea groups is 1. The zero-order valence-corrected chi connectivity index (χ0v) is 13.5. The van der Waals surface area contributed by atoms with Gasteiger partial charge in [0.2, 0.25) is 0 Å². The summed E-state index contributed by atoms with van der Waals surface area (Å²) in [4.78, 5) is 13.8. The highest BCUT2D eigenvalue weighted by molar-refractivity contribution is 9.10. The number of anilines is 1. The number of benzene rings is 1. The van der Waals surface area contributed by atoms with E-state index in [0.29, 0.717) is 30.1 Å². The Hall–Kier alpha value is -1.14. The second-order valence-electron chi connectivity index (χ2n) is 4.89. The molecular weight excluding hydrogens is 327 g/mol. The molecule has 6 heteroatoms. The van der Waals surface area contributed by atoms with Gasteiger partial charge in [0, 0.05) is 24.7 Å². The maximum atomic E-state index is 13.7. The van der Waals surface area contributed by atoms with Crippen LogP contribution in [0, 0.1) is 11.7 Å². The van der Waals surface area contributed by atoms with Crippen LogP contribution in [0.25, 0.3) is 0 Å². The SMILES string of the molecule is COCCN(CC(C)C)C(=O)Nc1ccc(Br)cc1F. The van der Waals surface area contributed by atoms with Crippen LogP contribution in [0.15, 0.2) is 22.7 Å². The lowest BCUT2D eigenvalue weighted by atomic mass is 10.2. The van der Waals surface area contributed by atoms with Crippen LogP contribution < -0.4 is 5.32 Å². The van der Waals surface area contributed by atoms with E-state index in [1.165, 1.54) is 12.1 Å². The van der Waals surface area contributed by atoms with E-state index in [2.05, 4.69) is 21.2 Å². The van der Waals surface area contributed by atoms with E-state index in [1.54, 1.807) is 18.1 Å². The smallest absolute Gasteiger partial charge is 0.322 e. The molecular formula is C14H20BrFN2O2. The van der Waals surface area contributed by atoms with Crippen molar-refractivity contribution in [1.29, 1.82) is 0 Å². The lowest BCUT2D eigenvalue weighted by Crippen LogP contribution is -2.39. The quantitative estimate of drug-likeness (QED) is 0.852. The van der Waals surface area contributed by atoms with Gasteiger partial charge in [0.25, 0.3) is 0 Å². The highest BCUT2D eigenvalue weighted by Crippen LogP contribution is 2.19. The van der Waals surface area contributed by atoms with Crippen LogP contribution >= 0.6 is 15.9 Å². The molecule has 20 heavy (non-hydrogen) atoms. The largest absolute Gasteiger partial charge is 0.383 e. The number of rotatable bonds is 6. The molecule has 0 aliphatic carbocycles. The Kier molecular flexibility index (Phi) is 6.95. The van der Waals surface area contributed by atoms with Crippen molar-refractivity contribution >= 4 is 27.6 Å². The van der Waals surface area contributed by atoms with Crippen LogP contribution in [0.4, 0.5) is 14.9 Å². The molecule has 0 unspecified atom stereocenters. The molecule has 0 atom stereocenters. The van der Waals surface area contributed by atoms with Gasteiger partial charge in [-0.1, -0.05) is 29.8 Å². The number of halogens is 2. The van der Waals surface area contributed by atoms with Gasteiger partial charge in [0.1, 0.15) is 5.82 Å². The number of nitrogens with one attached hydrogen (secondary N) is 1. The fourth-order valence-corrected chi connectivity index (χ4v) is 2.04. The third-order valence-corrected chi connectivity index (χ3v) is 3.10. The van der Waals surface area contributed by atoms with Crippen LogP contribution in [0.2, 0.25) is 0 Å². The van der Waals surface area contributed by atoms with Crippen molar-refractivity contribution in [2.75, 3.05) is 32.1 Å². The Balaban J connectivity index is 2.73. The monoisotopic (exact) mass is 346 g/mol. The van der Waals surface area contributed by atoms with E-state index in [9.17, 15) is 9.18 Å². The molecule has 0 saturated heterocycles. The molecule has 1 rings (SSSR count). The minimum atomic E-state index is -0.469. The minimum Gasteiger partial charge on any atom is -0.383 e. The molecule has 0 aliphatic heterocycles. The molecule has 112 valence electrons. The maximum Gasteiger partial charge on any atom is 0.322 e. The van der Waals surface area contributed by atoms with Crippen LogP contribution in [0.1, 0.15) is 13.8 Å². The summed E-state index contributed by atoms with van der Waals surface area (Å²) in [5.74, 6) is -0.142. The van der Waals surface area contributed by atoms with Crippen molar-refractivity contribution < 1.29 is 13.9 Å². The van der Waals surface area contributed by atoms with Crippen molar-refractivity contribution in [2.45, 2.75) is 13.8 Å². The van der Waals surface area contributed by atoms with Gasteiger partial charge in [-0.3, -0.25) is 0 Å². The molecule has 1 aromatic carbocycles. The Morgan fingerprint density at radius 3 is 2.75 bits per heavy atom. The number of carbonyl (C=O) groups is 1. The van der Waals surface area contributed by atoms with E-state index < -0.39 is 5.82 Å². The number of ether oxygens (including phenoxy) is 1. The third kappa shape index (κ3) is 5.46. The molecule has 4 nitrogen and oxygen atoms in total. The Morgan fingerprint density at radius 1 is 1.50 bits per heavy atom. The Morgan fingerprint density at radius 2 is 2.20 bits per heavy atom. The summed E-state index contributed by atoms with van der Waals surface area (Å²) >= 11 is 3.18. The lowest BCUT2D eigenvalue weighted by molar-refractivity contribution is 0.150. The van der Waals surface area contributed by atoms with E-state index >= 15 is 0 Å². The zero-order chi connectivity index (χ0) is 15.1. The molecule has 0 spiro atoms. The number of hydrogen-bond donors (Lipinski definition) is 1. The molecule has 0 heterocycles. The molecule has 0 bridgehead atoms. The molecule has 0 aliphatic rings. The van der Waals surface area contributed by atoms with Gasteiger partial charge in [0.15, 0.2) is 0 Å². The average molecular weight is 347 g/mol. The molecule has 0 aromatic heterocycles. The van der Waals surface area contributed by atoms with Gasteiger partial charge in [-0.15, -0.1) is 0 Å². The third-order valence-electron chi connectivity index (χ3n) is 2.61.